The zero-order valence-electron chi connectivity index (χ0n) is 18.7. The van der Waals surface area contributed by atoms with Crippen LogP contribution in [0.3, 0.4) is 0 Å². The lowest BCUT2D eigenvalue weighted by atomic mass is 9.71. The van der Waals surface area contributed by atoms with Crippen LogP contribution in [0.1, 0.15) is 42.7 Å². The van der Waals surface area contributed by atoms with E-state index in [-0.39, 0.29) is 11.7 Å². The summed E-state index contributed by atoms with van der Waals surface area (Å²) < 4.78 is 5.10. The molecular formula is C26H27ClN2O3. The number of ether oxygens (including phenoxy) is 1. The van der Waals surface area contributed by atoms with Crippen molar-refractivity contribution in [1.29, 1.82) is 0 Å². The average molecular weight is 451 g/mol. The maximum atomic E-state index is 13.5. The lowest BCUT2D eigenvalue weighted by Gasteiger charge is -2.36. The van der Waals surface area contributed by atoms with E-state index < -0.39 is 11.9 Å². The van der Waals surface area contributed by atoms with Crippen LogP contribution in [0.15, 0.2) is 71.1 Å². The van der Waals surface area contributed by atoms with Gasteiger partial charge in [0.05, 0.1) is 12.7 Å². The SMILES string of the molecule is COC(=O)C1=C(C)NC2=C(C(=O)CC(c3ccc(Cl)cc3)C2)C1c1ccc(N(C)C)cc1. The quantitative estimate of drug-likeness (QED) is 0.668. The molecule has 2 aliphatic rings. The van der Waals surface area contributed by atoms with Gasteiger partial charge in [0.2, 0.25) is 0 Å². The highest BCUT2D eigenvalue weighted by Gasteiger charge is 2.41. The molecule has 5 nitrogen and oxygen atoms in total. The van der Waals surface area contributed by atoms with Crippen molar-refractivity contribution in [1.82, 2.24) is 5.32 Å². The lowest BCUT2D eigenvalue weighted by molar-refractivity contribution is -0.136. The fourth-order valence-corrected chi connectivity index (χ4v) is 4.81. The number of halogens is 1. The van der Waals surface area contributed by atoms with Crippen LogP contribution >= 0.6 is 11.6 Å². The van der Waals surface area contributed by atoms with Crippen molar-refractivity contribution < 1.29 is 14.3 Å². The van der Waals surface area contributed by atoms with E-state index in [1.807, 2.05) is 74.4 Å². The third-order valence-corrected chi connectivity index (χ3v) is 6.57. The number of benzene rings is 2. The molecule has 0 saturated carbocycles. The standard InChI is InChI=1S/C26H27ClN2O3/c1-15-23(26(31)32-4)24(17-7-11-20(12-8-17)29(2)3)25-21(28-15)13-18(14-22(25)30)16-5-9-19(27)10-6-16/h5-12,18,24,28H,13-14H2,1-4H3. The number of dihydropyridines is 1. The van der Waals surface area contributed by atoms with Gasteiger partial charge >= 0.3 is 5.97 Å². The van der Waals surface area contributed by atoms with Crippen molar-refractivity contribution in [2.24, 2.45) is 0 Å². The van der Waals surface area contributed by atoms with Gasteiger partial charge in [-0.3, -0.25) is 4.79 Å². The highest BCUT2D eigenvalue weighted by molar-refractivity contribution is 6.30. The van der Waals surface area contributed by atoms with Crippen LogP contribution in [0.5, 0.6) is 0 Å². The van der Waals surface area contributed by atoms with Crippen LogP contribution in [0.25, 0.3) is 0 Å². The van der Waals surface area contributed by atoms with Crippen molar-refractivity contribution >= 4 is 29.0 Å². The molecule has 0 fully saturated rings. The summed E-state index contributed by atoms with van der Waals surface area (Å²) in [5.74, 6) is -0.756. The molecule has 0 radical (unpaired) electrons. The fraction of sp³-hybridized carbons (Fsp3) is 0.308. The molecule has 2 aromatic rings. The molecule has 1 aliphatic heterocycles. The molecule has 4 rings (SSSR count). The van der Waals surface area contributed by atoms with Crippen LogP contribution in [-0.2, 0) is 14.3 Å². The minimum Gasteiger partial charge on any atom is -0.466 e. The predicted octanol–water partition coefficient (Wildman–Crippen LogP) is 4.94. The molecular weight excluding hydrogens is 424 g/mol. The number of nitrogens with one attached hydrogen (secondary N) is 1. The van der Waals surface area contributed by atoms with Crippen molar-refractivity contribution in [2.45, 2.75) is 31.6 Å². The Morgan fingerprint density at radius 1 is 1.03 bits per heavy atom. The second-order valence-corrected chi connectivity index (χ2v) is 8.98. The molecule has 1 heterocycles. The van der Waals surface area contributed by atoms with Crippen LogP contribution in [0.2, 0.25) is 5.02 Å². The highest BCUT2D eigenvalue weighted by Crippen LogP contribution is 2.45. The highest BCUT2D eigenvalue weighted by atomic mass is 35.5. The summed E-state index contributed by atoms with van der Waals surface area (Å²) in [6.45, 7) is 1.87. The van der Waals surface area contributed by atoms with E-state index in [1.54, 1.807) is 0 Å². The number of allylic oxidation sites excluding steroid dienone is 3. The molecule has 6 heteroatoms. The molecule has 0 saturated heterocycles. The van der Waals surface area contributed by atoms with Gasteiger partial charge in [-0.15, -0.1) is 0 Å². The molecule has 2 atom stereocenters. The Morgan fingerprint density at radius 2 is 1.66 bits per heavy atom. The normalized spacial score (nSPS) is 20.6. The number of carbonyl (C=O) groups is 2. The van der Waals surface area contributed by atoms with E-state index in [4.69, 9.17) is 16.3 Å². The first-order chi connectivity index (χ1) is 15.3. The number of anilines is 1. The average Bonchev–Trinajstić information content (AvgIpc) is 2.78. The number of rotatable bonds is 4. The third-order valence-electron chi connectivity index (χ3n) is 6.32. The Balaban J connectivity index is 1.78. The van der Waals surface area contributed by atoms with Crippen LogP contribution < -0.4 is 10.2 Å². The Bertz CT molecular complexity index is 1110. The van der Waals surface area contributed by atoms with Crippen LogP contribution in [0.4, 0.5) is 5.69 Å². The predicted molar refractivity (Wildman–Crippen MR) is 127 cm³/mol. The lowest BCUT2D eigenvalue weighted by Crippen LogP contribution is -2.36. The first-order valence-electron chi connectivity index (χ1n) is 10.6. The van der Waals surface area contributed by atoms with Gasteiger partial charge in [-0.1, -0.05) is 35.9 Å². The molecule has 2 aromatic carbocycles. The Morgan fingerprint density at radius 3 is 2.25 bits per heavy atom. The minimum absolute atomic E-state index is 0.0503. The van der Waals surface area contributed by atoms with Crippen molar-refractivity contribution in [3.05, 3.63) is 87.2 Å². The smallest absolute Gasteiger partial charge is 0.336 e. The van der Waals surface area contributed by atoms with Gasteiger partial charge < -0.3 is 15.0 Å². The van der Waals surface area contributed by atoms with Crippen molar-refractivity contribution in [3.63, 3.8) is 0 Å². The summed E-state index contributed by atoms with van der Waals surface area (Å²) in [7, 11) is 5.33. The number of carbonyl (C=O) groups excluding carboxylic acids is 2. The third kappa shape index (κ3) is 4.05. The number of methoxy groups -OCH3 is 1. The van der Waals surface area contributed by atoms with Gasteiger partial charge in [0, 0.05) is 54.1 Å². The summed E-state index contributed by atoms with van der Waals surface area (Å²) in [4.78, 5) is 28.3. The summed E-state index contributed by atoms with van der Waals surface area (Å²) >= 11 is 6.04. The molecule has 0 spiro atoms. The molecule has 32 heavy (non-hydrogen) atoms. The second kappa shape index (κ2) is 8.83. The van der Waals surface area contributed by atoms with Gasteiger partial charge in [0.15, 0.2) is 5.78 Å². The Labute approximate surface area is 193 Å². The van der Waals surface area contributed by atoms with E-state index in [0.717, 1.165) is 28.2 Å². The van der Waals surface area contributed by atoms with Gasteiger partial charge in [-0.2, -0.15) is 0 Å². The summed E-state index contributed by atoms with van der Waals surface area (Å²) in [6.07, 6.45) is 1.09. The van der Waals surface area contributed by atoms with Crippen LogP contribution in [0, 0.1) is 0 Å². The second-order valence-electron chi connectivity index (χ2n) is 8.55. The number of ketones is 1. The first kappa shape index (κ1) is 22.2. The van der Waals surface area contributed by atoms with Gasteiger partial charge in [-0.05, 0) is 54.7 Å². The van der Waals surface area contributed by atoms with E-state index in [9.17, 15) is 9.59 Å². The summed E-state index contributed by atoms with van der Waals surface area (Å²) in [6, 6.07) is 15.7. The molecule has 0 bridgehead atoms. The molecule has 1 N–H and O–H groups in total. The van der Waals surface area contributed by atoms with Crippen LogP contribution in [-0.4, -0.2) is 33.0 Å². The Kier molecular flexibility index (Phi) is 6.11. The topological polar surface area (TPSA) is 58.6 Å². The monoisotopic (exact) mass is 450 g/mol. The van der Waals surface area contributed by atoms with E-state index >= 15 is 0 Å². The number of esters is 1. The summed E-state index contributed by atoms with van der Waals surface area (Å²) in [5.41, 5.74) is 5.80. The number of nitrogens with zero attached hydrogens (tertiary/aromatic N) is 1. The largest absolute Gasteiger partial charge is 0.466 e. The maximum Gasteiger partial charge on any atom is 0.336 e. The molecule has 2 unspecified atom stereocenters. The number of Topliss-reactive ketones (excluding diaryl/α,β-unsaturated/α-hetero) is 1. The molecule has 0 aromatic heterocycles. The number of hydrogen-bond donors (Lipinski definition) is 1. The van der Waals surface area contributed by atoms with Gasteiger partial charge in [0.25, 0.3) is 0 Å². The van der Waals surface area contributed by atoms with E-state index in [2.05, 4.69) is 5.32 Å². The van der Waals surface area contributed by atoms with Gasteiger partial charge in [-0.25, -0.2) is 4.79 Å². The number of hydrogen-bond acceptors (Lipinski definition) is 5. The Hall–Kier alpha value is -3.05. The summed E-state index contributed by atoms with van der Waals surface area (Å²) in [5, 5.41) is 4.03. The molecule has 0 amide bonds. The maximum absolute atomic E-state index is 13.5. The van der Waals surface area contributed by atoms with E-state index in [1.165, 1.54) is 7.11 Å². The first-order valence-corrected chi connectivity index (χ1v) is 11.0. The van der Waals surface area contributed by atoms with E-state index in [0.29, 0.717) is 29.0 Å². The van der Waals surface area contributed by atoms with Crippen molar-refractivity contribution in [2.75, 3.05) is 26.1 Å². The fourth-order valence-electron chi connectivity index (χ4n) is 4.69. The minimum atomic E-state index is -0.450. The molecule has 1 aliphatic carbocycles. The van der Waals surface area contributed by atoms with Crippen molar-refractivity contribution in [3.8, 4) is 0 Å². The zero-order chi connectivity index (χ0) is 23.0. The van der Waals surface area contributed by atoms with Gasteiger partial charge in [0.1, 0.15) is 0 Å². The zero-order valence-corrected chi connectivity index (χ0v) is 19.5. The molecule has 166 valence electrons.